The van der Waals surface area contributed by atoms with Crippen molar-refractivity contribution in [1.82, 2.24) is 0 Å². The van der Waals surface area contributed by atoms with Gasteiger partial charge < -0.3 is 9.47 Å². The van der Waals surface area contributed by atoms with Gasteiger partial charge in [0.1, 0.15) is 5.75 Å². The normalized spacial score (nSPS) is 10.0. The Morgan fingerprint density at radius 1 is 1.11 bits per heavy atom. The first kappa shape index (κ1) is 12.8. The van der Waals surface area contributed by atoms with E-state index in [2.05, 4.69) is 0 Å². The van der Waals surface area contributed by atoms with Gasteiger partial charge in [-0.3, -0.25) is 10.1 Å². The molecule has 0 radical (unpaired) electrons. The number of nitrogens with zero attached hydrogens (tertiary/aromatic N) is 1. The maximum Gasteiger partial charge on any atom is 0.269 e. The van der Waals surface area contributed by atoms with Crippen molar-refractivity contribution in [3.63, 3.8) is 0 Å². The summed E-state index contributed by atoms with van der Waals surface area (Å²) in [6, 6.07) is 9.87. The Morgan fingerprint density at radius 2 is 1.74 bits per heavy atom. The Balaban J connectivity index is 2.24. The number of methoxy groups -OCH3 is 1. The zero-order valence-electron chi connectivity index (χ0n) is 10.00. The van der Waals surface area contributed by atoms with Crippen LogP contribution in [0.5, 0.6) is 17.2 Å². The summed E-state index contributed by atoms with van der Waals surface area (Å²) in [5.74, 6) is -0.256. The van der Waals surface area contributed by atoms with Crippen LogP contribution in [0.2, 0.25) is 0 Å². The lowest BCUT2D eigenvalue weighted by Crippen LogP contribution is -1.93. The van der Waals surface area contributed by atoms with Crippen LogP contribution in [-0.4, -0.2) is 12.0 Å². The van der Waals surface area contributed by atoms with Gasteiger partial charge in [0, 0.05) is 12.1 Å². The molecule has 2 aromatic carbocycles. The molecule has 19 heavy (non-hydrogen) atoms. The van der Waals surface area contributed by atoms with E-state index >= 15 is 0 Å². The summed E-state index contributed by atoms with van der Waals surface area (Å²) < 4.78 is 23.9. The smallest absolute Gasteiger partial charge is 0.269 e. The van der Waals surface area contributed by atoms with E-state index in [0.717, 1.165) is 0 Å². The maximum atomic E-state index is 13.8. The monoisotopic (exact) mass is 263 g/mol. The molecule has 0 heterocycles. The van der Waals surface area contributed by atoms with Crippen molar-refractivity contribution in [3.8, 4) is 17.2 Å². The van der Waals surface area contributed by atoms with Crippen LogP contribution >= 0.6 is 0 Å². The minimum atomic E-state index is -0.622. The summed E-state index contributed by atoms with van der Waals surface area (Å²) in [6.45, 7) is 0. The van der Waals surface area contributed by atoms with Gasteiger partial charge in [0.25, 0.3) is 5.69 Å². The van der Waals surface area contributed by atoms with Gasteiger partial charge in [0.15, 0.2) is 11.5 Å². The standard InChI is InChI=1S/C13H10FNO4/c1-18-11-3-2-4-12(13(11)14)19-10-7-5-9(6-8-10)15(16)17/h2-8H,1H3. The van der Waals surface area contributed by atoms with Crippen LogP contribution in [0.4, 0.5) is 10.1 Å². The molecule has 0 atom stereocenters. The van der Waals surface area contributed by atoms with Crippen molar-refractivity contribution < 1.29 is 18.8 Å². The van der Waals surface area contributed by atoms with E-state index in [1.54, 1.807) is 6.07 Å². The van der Waals surface area contributed by atoms with Gasteiger partial charge in [0.05, 0.1) is 12.0 Å². The molecule has 0 amide bonds. The van der Waals surface area contributed by atoms with Gasteiger partial charge in [-0.15, -0.1) is 0 Å². The second-order valence-electron chi connectivity index (χ2n) is 3.63. The third-order valence-corrected chi connectivity index (χ3v) is 2.42. The molecule has 0 fully saturated rings. The fourth-order valence-electron chi connectivity index (χ4n) is 1.49. The van der Waals surface area contributed by atoms with Crippen LogP contribution in [-0.2, 0) is 0 Å². The number of hydrogen-bond acceptors (Lipinski definition) is 4. The molecular formula is C13H10FNO4. The average Bonchev–Trinajstić information content (AvgIpc) is 2.42. The Hall–Kier alpha value is -2.63. The maximum absolute atomic E-state index is 13.8. The summed E-state index contributed by atoms with van der Waals surface area (Å²) in [6.07, 6.45) is 0. The first-order valence-corrected chi connectivity index (χ1v) is 5.36. The Bertz CT molecular complexity index is 598. The molecule has 0 saturated carbocycles. The topological polar surface area (TPSA) is 61.6 Å². The fraction of sp³-hybridized carbons (Fsp3) is 0.0769. The molecule has 5 nitrogen and oxygen atoms in total. The number of halogens is 1. The van der Waals surface area contributed by atoms with E-state index in [4.69, 9.17) is 9.47 Å². The first-order valence-electron chi connectivity index (χ1n) is 5.36. The Kier molecular flexibility index (Phi) is 3.61. The van der Waals surface area contributed by atoms with E-state index in [1.165, 1.54) is 43.5 Å². The molecule has 0 spiro atoms. The quantitative estimate of drug-likeness (QED) is 0.625. The largest absolute Gasteiger partial charge is 0.494 e. The van der Waals surface area contributed by atoms with Gasteiger partial charge >= 0.3 is 0 Å². The Morgan fingerprint density at radius 3 is 2.32 bits per heavy atom. The minimum Gasteiger partial charge on any atom is -0.494 e. The summed E-state index contributed by atoms with van der Waals surface area (Å²) in [4.78, 5) is 9.98. The van der Waals surface area contributed by atoms with E-state index in [1.807, 2.05) is 0 Å². The van der Waals surface area contributed by atoms with Crippen LogP contribution in [0, 0.1) is 15.9 Å². The summed E-state index contributed by atoms with van der Waals surface area (Å²) in [5.41, 5.74) is -0.0570. The molecule has 0 aliphatic carbocycles. The van der Waals surface area contributed by atoms with Crippen LogP contribution in [0.3, 0.4) is 0 Å². The lowest BCUT2D eigenvalue weighted by atomic mass is 10.3. The molecule has 2 rings (SSSR count). The molecular weight excluding hydrogens is 253 g/mol. The molecule has 0 unspecified atom stereocenters. The summed E-state index contributed by atoms with van der Waals surface area (Å²) in [5, 5.41) is 10.5. The van der Waals surface area contributed by atoms with Gasteiger partial charge in [0.2, 0.25) is 5.82 Å². The molecule has 0 bridgehead atoms. The third-order valence-electron chi connectivity index (χ3n) is 2.42. The summed E-state index contributed by atoms with van der Waals surface area (Å²) in [7, 11) is 1.36. The number of rotatable bonds is 4. The van der Waals surface area contributed by atoms with E-state index in [-0.39, 0.29) is 17.2 Å². The lowest BCUT2D eigenvalue weighted by Gasteiger charge is -2.08. The van der Waals surface area contributed by atoms with Gasteiger partial charge in [-0.25, -0.2) is 0 Å². The predicted molar refractivity (Wildman–Crippen MR) is 66.1 cm³/mol. The minimum absolute atomic E-state index is 0.00629. The van der Waals surface area contributed by atoms with Gasteiger partial charge in [-0.2, -0.15) is 4.39 Å². The molecule has 0 aromatic heterocycles. The van der Waals surface area contributed by atoms with E-state index < -0.39 is 10.7 Å². The first-order chi connectivity index (χ1) is 9.11. The molecule has 2 aromatic rings. The molecule has 0 aliphatic heterocycles. The molecule has 0 aliphatic rings. The highest BCUT2D eigenvalue weighted by atomic mass is 19.1. The van der Waals surface area contributed by atoms with Crippen LogP contribution in [0.25, 0.3) is 0 Å². The number of benzene rings is 2. The molecule has 6 heteroatoms. The highest BCUT2D eigenvalue weighted by Crippen LogP contribution is 2.30. The van der Waals surface area contributed by atoms with Gasteiger partial charge in [-0.05, 0) is 24.3 Å². The fourth-order valence-corrected chi connectivity index (χ4v) is 1.49. The number of nitro benzene ring substituents is 1. The number of non-ortho nitro benzene ring substituents is 1. The average molecular weight is 263 g/mol. The van der Waals surface area contributed by atoms with Crippen molar-refractivity contribution in [2.24, 2.45) is 0 Å². The van der Waals surface area contributed by atoms with Crippen molar-refractivity contribution in [2.45, 2.75) is 0 Å². The number of nitro groups is 1. The number of hydrogen-bond donors (Lipinski definition) is 0. The van der Waals surface area contributed by atoms with Crippen molar-refractivity contribution in [2.75, 3.05) is 7.11 Å². The highest BCUT2D eigenvalue weighted by Gasteiger charge is 2.11. The lowest BCUT2D eigenvalue weighted by molar-refractivity contribution is -0.384. The highest BCUT2D eigenvalue weighted by molar-refractivity contribution is 5.41. The number of ether oxygens (including phenoxy) is 2. The zero-order chi connectivity index (χ0) is 13.8. The molecule has 0 saturated heterocycles. The van der Waals surface area contributed by atoms with Crippen molar-refractivity contribution >= 4 is 5.69 Å². The predicted octanol–water partition coefficient (Wildman–Crippen LogP) is 3.53. The van der Waals surface area contributed by atoms with Crippen LogP contribution in [0.15, 0.2) is 42.5 Å². The zero-order valence-corrected chi connectivity index (χ0v) is 10.00. The van der Waals surface area contributed by atoms with E-state index in [0.29, 0.717) is 5.75 Å². The molecule has 0 N–H and O–H groups in total. The van der Waals surface area contributed by atoms with Crippen LogP contribution in [0.1, 0.15) is 0 Å². The molecule has 98 valence electrons. The second-order valence-corrected chi connectivity index (χ2v) is 3.63. The van der Waals surface area contributed by atoms with E-state index in [9.17, 15) is 14.5 Å². The summed E-state index contributed by atoms with van der Waals surface area (Å²) >= 11 is 0. The SMILES string of the molecule is COc1cccc(Oc2ccc([N+](=O)[O-])cc2)c1F. The van der Waals surface area contributed by atoms with Crippen molar-refractivity contribution in [1.29, 1.82) is 0 Å². The van der Waals surface area contributed by atoms with Gasteiger partial charge in [-0.1, -0.05) is 6.07 Å². The Labute approximate surface area is 108 Å². The second kappa shape index (κ2) is 5.34. The van der Waals surface area contributed by atoms with Crippen molar-refractivity contribution in [3.05, 3.63) is 58.4 Å². The van der Waals surface area contributed by atoms with Crippen LogP contribution < -0.4 is 9.47 Å². The third kappa shape index (κ3) is 2.79.